The molecule has 0 saturated carbocycles. The Hall–Kier alpha value is -0.820. The molecule has 0 bridgehead atoms. The van der Waals surface area contributed by atoms with E-state index in [0.29, 0.717) is 26.4 Å². The molecule has 0 aromatic heterocycles. The largest absolute Gasteiger partial charge is 0.344 e. The van der Waals surface area contributed by atoms with Crippen molar-refractivity contribution in [1.82, 2.24) is 0 Å². The number of hydrogen-bond donors (Lipinski definition) is 0. The van der Waals surface area contributed by atoms with Gasteiger partial charge >= 0.3 is 0 Å². The molecule has 0 aromatic carbocycles. The van der Waals surface area contributed by atoms with Crippen molar-refractivity contribution in [2.24, 2.45) is 0 Å². The Morgan fingerprint density at radius 3 is 1.10 bits per heavy atom. The van der Waals surface area contributed by atoms with Crippen molar-refractivity contribution >= 4 is 11.6 Å². The zero-order valence-corrected chi connectivity index (χ0v) is 14.0. The third kappa shape index (κ3) is 5.82. The van der Waals surface area contributed by atoms with Crippen LogP contribution in [0.1, 0.15) is 48.0 Å². The first kappa shape index (κ1) is 20.2. The third-order valence-corrected chi connectivity index (χ3v) is 3.01. The standard InChI is InChI=1S/C15H28O6/c1-7-18-14(5,19-8-2)12(16)11-13(17)15(6,20-9-3)21-10-4/h7-11H2,1-6H3. The number of rotatable bonds is 12. The molecule has 0 aromatic rings. The molecule has 0 saturated heterocycles. The van der Waals surface area contributed by atoms with E-state index in [2.05, 4.69) is 0 Å². The molecule has 124 valence electrons. The minimum atomic E-state index is -1.42. The van der Waals surface area contributed by atoms with Crippen LogP contribution in [0, 0.1) is 0 Å². The molecule has 0 fully saturated rings. The summed E-state index contributed by atoms with van der Waals surface area (Å²) in [4.78, 5) is 24.7. The number of carbonyl (C=O) groups is 2. The second-order valence-electron chi connectivity index (χ2n) is 4.65. The summed E-state index contributed by atoms with van der Waals surface area (Å²) in [5.41, 5.74) is 0. The van der Waals surface area contributed by atoms with E-state index in [4.69, 9.17) is 18.9 Å². The lowest BCUT2D eigenvalue weighted by molar-refractivity contribution is -0.226. The lowest BCUT2D eigenvalue weighted by Crippen LogP contribution is -2.47. The van der Waals surface area contributed by atoms with Crippen molar-refractivity contribution in [3.8, 4) is 0 Å². The van der Waals surface area contributed by atoms with E-state index in [-0.39, 0.29) is 6.42 Å². The highest BCUT2D eigenvalue weighted by Crippen LogP contribution is 2.21. The summed E-state index contributed by atoms with van der Waals surface area (Å²) < 4.78 is 21.4. The normalized spacial score (nSPS) is 12.5. The van der Waals surface area contributed by atoms with Crippen molar-refractivity contribution in [3.05, 3.63) is 0 Å². The molecular weight excluding hydrogens is 276 g/mol. The van der Waals surface area contributed by atoms with Crippen LogP contribution >= 0.6 is 0 Å². The van der Waals surface area contributed by atoms with Crippen LogP contribution in [0.3, 0.4) is 0 Å². The van der Waals surface area contributed by atoms with E-state index in [1.807, 2.05) is 0 Å². The van der Waals surface area contributed by atoms with Crippen LogP contribution in [0.2, 0.25) is 0 Å². The Balaban J connectivity index is 4.97. The molecule has 6 heteroatoms. The molecule has 0 aliphatic carbocycles. The van der Waals surface area contributed by atoms with Crippen LogP contribution < -0.4 is 0 Å². The average molecular weight is 304 g/mol. The fourth-order valence-corrected chi connectivity index (χ4v) is 1.97. The van der Waals surface area contributed by atoms with E-state index in [9.17, 15) is 9.59 Å². The highest BCUT2D eigenvalue weighted by molar-refractivity contribution is 6.04. The van der Waals surface area contributed by atoms with E-state index >= 15 is 0 Å². The predicted octanol–water partition coefficient (Wildman–Crippen LogP) is 2.09. The van der Waals surface area contributed by atoms with Crippen molar-refractivity contribution in [3.63, 3.8) is 0 Å². The highest BCUT2D eigenvalue weighted by atomic mass is 16.7. The van der Waals surface area contributed by atoms with Crippen LogP contribution in [0.5, 0.6) is 0 Å². The van der Waals surface area contributed by atoms with Crippen LogP contribution in [0.25, 0.3) is 0 Å². The summed E-state index contributed by atoms with van der Waals surface area (Å²) in [5, 5.41) is 0. The zero-order chi connectivity index (χ0) is 16.5. The van der Waals surface area contributed by atoms with Gasteiger partial charge in [-0.05, 0) is 41.5 Å². The Labute approximate surface area is 127 Å². The van der Waals surface area contributed by atoms with E-state index in [1.54, 1.807) is 27.7 Å². The SMILES string of the molecule is CCOC(C)(OCC)C(=O)CC(=O)C(C)(OCC)OCC. The van der Waals surface area contributed by atoms with E-state index in [0.717, 1.165) is 0 Å². The monoisotopic (exact) mass is 304 g/mol. The van der Waals surface area contributed by atoms with Crippen molar-refractivity contribution in [2.45, 2.75) is 59.5 Å². The van der Waals surface area contributed by atoms with Crippen molar-refractivity contribution < 1.29 is 28.5 Å². The molecule has 0 radical (unpaired) electrons. The van der Waals surface area contributed by atoms with Gasteiger partial charge in [0.15, 0.2) is 11.6 Å². The molecule has 0 N–H and O–H groups in total. The number of ether oxygens (including phenoxy) is 4. The smallest absolute Gasteiger partial charge is 0.226 e. The molecule has 0 amide bonds. The second-order valence-corrected chi connectivity index (χ2v) is 4.65. The zero-order valence-electron chi connectivity index (χ0n) is 14.0. The van der Waals surface area contributed by atoms with Gasteiger partial charge < -0.3 is 18.9 Å². The molecular formula is C15H28O6. The van der Waals surface area contributed by atoms with Crippen molar-refractivity contribution in [2.75, 3.05) is 26.4 Å². The lowest BCUT2D eigenvalue weighted by Gasteiger charge is -2.30. The predicted molar refractivity (Wildman–Crippen MR) is 77.9 cm³/mol. The Morgan fingerprint density at radius 1 is 0.667 bits per heavy atom. The van der Waals surface area contributed by atoms with E-state index < -0.39 is 23.1 Å². The topological polar surface area (TPSA) is 71.1 Å². The molecule has 0 aliphatic heterocycles. The van der Waals surface area contributed by atoms with Gasteiger partial charge in [-0.3, -0.25) is 9.59 Å². The number of Topliss-reactive ketones (excluding diaryl/α,β-unsaturated/α-hetero) is 2. The first-order valence-corrected chi connectivity index (χ1v) is 7.41. The van der Waals surface area contributed by atoms with Crippen LogP contribution in [0.15, 0.2) is 0 Å². The van der Waals surface area contributed by atoms with Gasteiger partial charge in [0.05, 0.1) is 6.42 Å². The summed E-state index contributed by atoms with van der Waals surface area (Å²) >= 11 is 0. The molecule has 0 spiro atoms. The van der Waals surface area contributed by atoms with Gasteiger partial charge in [0.25, 0.3) is 0 Å². The van der Waals surface area contributed by atoms with Crippen molar-refractivity contribution in [1.29, 1.82) is 0 Å². The molecule has 0 heterocycles. The maximum Gasteiger partial charge on any atom is 0.226 e. The fraction of sp³-hybridized carbons (Fsp3) is 0.867. The van der Waals surface area contributed by atoms with Gasteiger partial charge in [0.1, 0.15) is 0 Å². The van der Waals surface area contributed by atoms with Gasteiger partial charge in [-0.2, -0.15) is 0 Å². The molecule has 0 atom stereocenters. The average Bonchev–Trinajstić information content (AvgIpc) is 2.39. The lowest BCUT2D eigenvalue weighted by atomic mass is 10.0. The van der Waals surface area contributed by atoms with Crippen LogP contribution in [-0.4, -0.2) is 49.6 Å². The third-order valence-electron chi connectivity index (χ3n) is 3.01. The van der Waals surface area contributed by atoms with Gasteiger partial charge in [-0.1, -0.05) is 0 Å². The minimum absolute atomic E-state index is 0.310. The Bertz CT molecular complexity index is 295. The molecule has 0 aliphatic rings. The van der Waals surface area contributed by atoms with Gasteiger partial charge in [-0.25, -0.2) is 0 Å². The summed E-state index contributed by atoms with van der Waals surface area (Å²) in [6, 6.07) is 0. The van der Waals surface area contributed by atoms with Crippen LogP contribution in [-0.2, 0) is 28.5 Å². The van der Waals surface area contributed by atoms with Gasteiger partial charge in [-0.15, -0.1) is 0 Å². The molecule has 21 heavy (non-hydrogen) atoms. The maximum atomic E-state index is 12.3. The highest BCUT2D eigenvalue weighted by Gasteiger charge is 2.41. The number of carbonyl (C=O) groups excluding carboxylic acids is 2. The maximum absolute atomic E-state index is 12.3. The number of hydrogen-bond acceptors (Lipinski definition) is 6. The van der Waals surface area contributed by atoms with Gasteiger partial charge in [0, 0.05) is 26.4 Å². The Kier molecular flexibility index (Phi) is 8.89. The Morgan fingerprint density at radius 2 is 0.905 bits per heavy atom. The van der Waals surface area contributed by atoms with E-state index in [1.165, 1.54) is 13.8 Å². The molecule has 0 unspecified atom stereocenters. The summed E-state index contributed by atoms with van der Waals surface area (Å²) in [6.07, 6.45) is -0.368. The minimum Gasteiger partial charge on any atom is -0.344 e. The summed E-state index contributed by atoms with van der Waals surface area (Å²) in [5.74, 6) is -3.72. The summed E-state index contributed by atoms with van der Waals surface area (Å²) in [6.45, 7) is 11.3. The quantitative estimate of drug-likeness (QED) is 0.406. The second kappa shape index (κ2) is 9.25. The first-order valence-electron chi connectivity index (χ1n) is 7.41. The van der Waals surface area contributed by atoms with Crippen LogP contribution in [0.4, 0.5) is 0 Å². The first-order chi connectivity index (χ1) is 9.79. The number of ketones is 2. The molecule has 0 rings (SSSR count). The fourth-order valence-electron chi connectivity index (χ4n) is 1.97. The molecule has 6 nitrogen and oxygen atoms in total. The summed E-state index contributed by atoms with van der Waals surface area (Å²) in [7, 11) is 0. The van der Waals surface area contributed by atoms with Gasteiger partial charge in [0.2, 0.25) is 11.6 Å².